The van der Waals surface area contributed by atoms with Crippen molar-refractivity contribution in [3.05, 3.63) is 57.0 Å². The molecule has 1 aliphatic heterocycles. The van der Waals surface area contributed by atoms with Crippen molar-refractivity contribution in [3.63, 3.8) is 0 Å². The van der Waals surface area contributed by atoms with Gasteiger partial charge in [0.25, 0.3) is 0 Å². The summed E-state index contributed by atoms with van der Waals surface area (Å²) >= 11 is 18.0. The van der Waals surface area contributed by atoms with Crippen molar-refractivity contribution in [1.82, 2.24) is 5.32 Å². The molecule has 0 aliphatic carbocycles. The van der Waals surface area contributed by atoms with Crippen LogP contribution in [0, 0.1) is 0 Å². The minimum Gasteiger partial charge on any atom is -0.350 e. The van der Waals surface area contributed by atoms with E-state index in [1.165, 1.54) is 12.1 Å². The molecule has 0 aromatic heterocycles. The number of rotatable bonds is 7. The van der Waals surface area contributed by atoms with Crippen LogP contribution in [0.4, 0.5) is 11.4 Å². The lowest BCUT2D eigenvalue weighted by Crippen LogP contribution is -2.40. The number of benzene rings is 2. The van der Waals surface area contributed by atoms with Gasteiger partial charge in [0.15, 0.2) is 0 Å². The zero-order valence-corrected chi connectivity index (χ0v) is 19.7. The highest BCUT2D eigenvalue weighted by Crippen LogP contribution is 2.35. The van der Waals surface area contributed by atoms with Crippen LogP contribution in [-0.4, -0.2) is 39.6 Å². The number of nitrogens with zero attached hydrogens (tertiary/aromatic N) is 2. The van der Waals surface area contributed by atoms with E-state index < -0.39 is 22.5 Å². The molecule has 0 saturated carbocycles. The number of carbonyl (C=O) groups excluding carboxylic acids is 2. The van der Waals surface area contributed by atoms with Gasteiger partial charge in [-0.15, -0.1) is 0 Å². The number of halogens is 3. The third-order valence-corrected chi connectivity index (χ3v) is 6.88. The Bertz CT molecular complexity index is 1120. The molecule has 166 valence electrons. The number of nitrogens with one attached hydrogen (secondary N) is 1. The van der Waals surface area contributed by atoms with Crippen LogP contribution in [0.15, 0.2) is 36.4 Å². The van der Waals surface area contributed by atoms with Crippen molar-refractivity contribution >= 4 is 68.0 Å². The van der Waals surface area contributed by atoms with Crippen molar-refractivity contribution in [1.29, 1.82) is 0 Å². The summed E-state index contributed by atoms with van der Waals surface area (Å²) in [6.45, 7) is 0.352. The van der Waals surface area contributed by atoms with Gasteiger partial charge in [-0.3, -0.25) is 13.9 Å². The molecule has 1 N–H and O–H groups in total. The quantitative estimate of drug-likeness (QED) is 0.580. The summed E-state index contributed by atoms with van der Waals surface area (Å²) in [4.78, 5) is 26.2. The lowest BCUT2D eigenvalue weighted by molar-refractivity contribution is -0.120. The third-order valence-electron chi connectivity index (χ3n) is 4.73. The Balaban J connectivity index is 1.71. The molecule has 3 rings (SSSR count). The molecule has 1 heterocycles. The van der Waals surface area contributed by atoms with E-state index in [-0.39, 0.29) is 33.2 Å². The number of carbonyl (C=O) groups is 2. The van der Waals surface area contributed by atoms with Gasteiger partial charge in [-0.2, -0.15) is 0 Å². The van der Waals surface area contributed by atoms with Gasteiger partial charge in [0.1, 0.15) is 6.54 Å². The molecule has 1 saturated heterocycles. The molecule has 2 aromatic carbocycles. The highest BCUT2D eigenvalue weighted by atomic mass is 35.5. The predicted octanol–water partition coefficient (Wildman–Crippen LogP) is 3.86. The van der Waals surface area contributed by atoms with Crippen LogP contribution in [0.1, 0.15) is 18.4 Å². The highest BCUT2D eigenvalue weighted by Gasteiger charge is 2.25. The molecule has 0 unspecified atom stereocenters. The first-order valence-electron chi connectivity index (χ1n) is 9.34. The largest absolute Gasteiger partial charge is 0.350 e. The summed E-state index contributed by atoms with van der Waals surface area (Å²) in [5.41, 5.74) is 1.61. The fourth-order valence-electron chi connectivity index (χ4n) is 3.23. The number of hydrogen-bond donors (Lipinski definition) is 1. The SMILES string of the molecule is CS(=O)(=O)N(CC(=O)NCc1cccc(N2CCCC2=O)c1)c1cc(Cl)c(Cl)cc1Cl. The van der Waals surface area contributed by atoms with E-state index in [0.29, 0.717) is 13.0 Å². The first-order valence-corrected chi connectivity index (χ1v) is 12.3. The number of sulfonamides is 1. The summed E-state index contributed by atoms with van der Waals surface area (Å²) < 4.78 is 25.4. The Morgan fingerprint density at radius 1 is 1.13 bits per heavy atom. The van der Waals surface area contributed by atoms with E-state index in [0.717, 1.165) is 28.2 Å². The molecule has 11 heteroatoms. The van der Waals surface area contributed by atoms with Crippen LogP contribution in [0.25, 0.3) is 0 Å². The maximum absolute atomic E-state index is 12.5. The topological polar surface area (TPSA) is 86.8 Å². The van der Waals surface area contributed by atoms with Gasteiger partial charge in [-0.25, -0.2) is 8.42 Å². The van der Waals surface area contributed by atoms with Crippen LogP contribution in [0.2, 0.25) is 15.1 Å². The molecule has 0 spiro atoms. The molecule has 7 nitrogen and oxygen atoms in total. The van der Waals surface area contributed by atoms with Gasteiger partial charge in [-0.1, -0.05) is 46.9 Å². The second-order valence-corrected chi connectivity index (χ2v) is 10.2. The van der Waals surface area contributed by atoms with E-state index in [2.05, 4.69) is 5.32 Å². The van der Waals surface area contributed by atoms with Crippen LogP contribution in [0.5, 0.6) is 0 Å². The van der Waals surface area contributed by atoms with E-state index in [1.54, 1.807) is 11.0 Å². The van der Waals surface area contributed by atoms with E-state index in [1.807, 2.05) is 18.2 Å². The zero-order valence-electron chi connectivity index (χ0n) is 16.6. The Morgan fingerprint density at radius 3 is 2.48 bits per heavy atom. The van der Waals surface area contributed by atoms with Gasteiger partial charge < -0.3 is 10.2 Å². The Morgan fingerprint density at radius 2 is 1.84 bits per heavy atom. The van der Waals surface area contributed by atoms with Crippen LogP contribution in [-0.2, 0) is 26.2 Å². The molecule has 1 fully saturated rings. The monoisotopic (exact) mass is 503 g/mol. The van der Waals surface area contributed by atoms with E-state index in [4.69, 9.17) is 34.8 Å². The van der Waals surface area contributed by atoms with Gasteiger partial charge in [0.05, 0.1) is 27.0 Å². The van der Waals surface area contributed by atoms with Crippen LogP contribution < -0.4 is 14.5 Å². The van der Waals surface area contributed by atoms with E-state index >= 15 is 0 Å². The smallest absolute Gasteiger partial charge is 0.241 e. The molecular formula is C20H20Cl3N3O4S. The third kappa shape index (κ3) is 5.83. The van der Waals surface area contributed by atoms with Gasteiger partial charge >= 0.3 is 0 Å². The zero-order chi connectivity index (χ0) is 22.8. The number of amides is 2. The normalized spacial score (nSPS) is 14.1. The number of anilines is 2. The van der Waals surface area contributed by atoms with Crippen molar-refractivity contribution in [2.24, 2.45) is 0 Å². The fourth-order valence-corrected chi connectivity index (χ4v) is 4.78. The average Bonchev–Trinajstić information content (AvgIpc) is 3.13. The Labute approximate surface area is 195 Å². The molecule has 0 atom stereocenters. The predicted molar refractivity (Wildman–Crippen MR) is 124 cm³/mol. The van der Waals surface area contributed by atoms with Gasteiger partial charge in [-0.05, 0) is 36.2 Å². The molecule has 31 heavy (non-hydrogen) atoms. The van der Waals surface area contributed by atoms with Crippen LogP contribution in [0.3, 0.4) is 0 Å². The molecule has 0 radical (unpaired) electrons. The summed E-state index contributed by atoms with van der Waals surface area (Å²) in [6.07, 6.45) is 2.31. The lowest BCUT2D eigenvalue weighted by atomic mass is 10.2. The van der Waals surface area contributed by atoms with Gasteiger partial charge in [0.2, 0.25) is 21.8 Å². The van der Waals surface area contributed by atoms with Gasteiger partial charge in [0, 0.05) is 25.2 Å². The van der Waals surface area contributed by atoms with Crippen molar-refractivity contribution < 1.29 is 18.0 Å². The molecule has 2 amide bonds. The molecule has 1 aliphatic rings. The van der Waals surface area contributed by atoms with E-state index in [9.17, 15) is 18.0 Å². The first-order chi connectivity index (χ1) is 14.6. The van der Waals surface area contributed by atoms with Crippen molar-refractivity contribution in [2.45, 2.75) is 19.4 Å². The number of hydrogen-bond acceptors (Lipinski definition) is 4. The highest BCUT2D eigenvalue weighted by molar-refractivity contribution is 7.92. The van der Waals surface area contributed by atoms with Crippen molar-refractivity contribution in [2.75, 3.05) is 28.6 Å². The second kappa shape index (κ2) is 9.65. The average molecular weight is 505 g/mol. The molecule has 0 bridgehead atoms. The fraction of sp³-hybridized carbons (Fsp3) is 0.300. The van der Waals surface area contributed by atoms with Crippen molar-refractivity contribution in [3.8, 4) is 0 Å². The second-order valence-electron chi connectivity index (χ2n) is 7.08. The van der Waals surface area contributed by atoms with Crippen LogP contribution >= 0.6 is 34.8 Å². The maximum atomic E-state index is 12.5. The molecule has 2 aromatic rings. The Kier molecular flexibility index (Phi) is 7.36. The maximum Gasteiger partial charge on any atom is 0.241 e. The minimum atomic E-state index is -3.83. The first kappa shape index (κ1) is 23.7. The summed E-state index contributed by atoms with van der Waals surface area (Å²) in [7, 11) is -3.83. The molecular weight excluding hydrogens is 485 g/mol. The summed E-state index contributed by atoms with van der Waals surface area (Å²) in [5.74, 6) is -0.460. The summed E-state index contributed by atoms with van der Waals surface area (Å²) in [6, 6.07) is 9.91. The lowest BCUT2D eigenvalue weighted by Gasteiger charge is -2.23. The minimum absolute atomic E-state index is 0.0515. The standard InChI is InChI=1S/C20H20Cl3N3O4S/c1-31(29,30)26(18-10-16(22)15(21)9-17(18)23)12-19(27)24-11-13-4-2-5-14(8-13)25-7-3-6-20(25)28/h2,4-5,8-10H,3,6-7,11-12H2,1H3,(H,24,27). The summed E-state index contributed by atoms with van der Waals surface area (Å²) in [5, 5.41) is 3.03. The Hall–Kier alpha value is -2.00.